The Balaban J connectivity index is 1.84. The van der Waals surface area contributed by atoms with Crippen LogP contribution >= 0.6 is 23.2 Å². The molecule has 2 aliphatic heterocycles. The van der Waals surface area contributed by atoms with E-state index in [9.17, 15) is 0 Å². The van der Waals surface area contributed by atoms with Gasteiger partial charge < -0.3 is 14.7 Å². The standard InChI is InChI=1S/C18H24Cl2N4/c1-4-8-24-12-23(10-13-6-7-14(19)15(20)9-13)11-16-18(24)21-17(5-2)22(16)3/h6-7,9,11,17H,4-5,8,10,12H2,1-3H3. The van der Waals surface area contributed by atoms with Crippen LogP contribution in [-0.4, -0.2) is 47.0 Å². The molecule has 0 aromatic heterocycles. The van der Waals surface area contributed by atoms with Gasteiger partial charge in [-0.25, -0.2) is 4.99 Å². The van der Waals surface area contributed by atoms with Crippen molar-refractivity contribution < 1.29 is 0 Å². The zero-order valence-corrected chi connectivity index (χ0v) is 16.0. The van der Waals surface area contributed by atoms with Crippen LogP contribution < -0.4 is 0 Å². The summed E-state index contributed by atoms with van der Waals surface area (Å²) in [4.78, 5) is 11.9. The molecule has 130 valence electrons. The molecule has 0 saturated carbocycles. The molecule has 6 heteroatoms. The quantitative estimate of drug-likeness (QED) is 0.770. The molecule has 0 amide bonds. The highest BCUT2D eigenvalue weighted by Crippen LogP contribution is 2.29. The highest BCUT2D eigenvalue weighted by atomic mass is 35.5. The third kappa shape index (κ3) is 3.35. The van der Waals surface area contributed by atoms with Gasteiger partial charge in [-0.1, -0.05) is 43.1 Å². The Labute approximate surface area is 154 Å². The second-order valence-corrected chi connectivity index (χ2v) is 7.18. The molecule has 4 nitrogen and oxygen atoms in total. The van der Waals surface area contributed by atoms with Crippen molar-refractivity contribution in [2.75, 3.05) is 20.3 Å². The van der Waals surface area contributed by atoms with E-state index in [1.807, 2.05) is 18.2 Å². The molecule has 1 aromatic rings. The molecule has 0 saturated heterocycles. The number of likely N-dealkylation sites (N-methyl/N-ethyl adjacent to an activating group) is 1. The predicted molar refractivity (Wildman–Crippen MR) is 101 cm³/mol. The van der Waals surface area contributed by atoms with Crippen LogP contribution in [0.5, 0.6) is 0 Å². The Bertz CT molecular complexity index is 671. The first-order valence-corrected chi connectivity index (χ1v) is 9.24. The lowest BCUT2D eigenvalue weighted by Crippen LogP contribution is -2.45. The van der Waals surface area contributed by atoms with Gasteiger partial charge >= 0.3 is 0 Å². The summed E-state index contributed by atoms with van der Waals surface area (Å²) in [5.41, 5.74) is 2.37. The summed E-state index contributed by atoms with van der Waals surface area (Å²) in [5.74, 6) is 1.14. The third-order valence-electron chi connectivity index (χ3n) is 4.51. The fourth-order valence-electron chi connectivity index (χ4n) is 3.28. The van der Waals surface area contributed by atoms with Gasteiger partial charge in [0.15, 0.2) is 5.84 Å². The number of nitrogens with zero attached hydrogens (tertiary/aromatic N) is 4. The van der Waals surface area contributed by atoms with Crippen molar-refractivity contribution in [1.82, 2.24) is 14.7 Å². The molecule has 1 atom stereocenters. The number of benzene rings is 1. The van der Waals surface area contributed by atoms with E-state index in [1.165, 1.54) is 5.70 Å². The Kier molecular flexibility index (Phi) is 5.26. The fourth-order valence-corrected chi connectivity index (χ4v) is 3.61. The van der Waals surface area contributed by atoms with Gasteiger partial charge in [-0.15, -0.1) is 0 Å². The van der Waals surface area contributed by atoms with E-state index in [0.29, 0.717) is 10.0 Å². The average Bonchev–Trinajstić information content (AvgIpc) is 2.88. The molecule has 24 heavy (non-hydrogen) atoms. The highest BCUT2D eigenvalue weighted by molar-refractivity contribution is 6.42. The van der Waals surface area contributed by atoms with Crippen LogP contribution in [0, 0.1) is 0 Å². The number of amidine groups is 1. The van der Waals surface area contributed by atoms with Crippen molar-refractivity contribution in [3.8, 4) is 0 Å². The molecule has 0 fully saturated rings. The first-order valence-electron chi connectivity index (χ1n) is 8.49. The van der Waals surface area contributed by atoms with Crippen molar-refractivity contribution in [3.05, 3.63) is 45.7 Å². The maximum Gasteiger partial charge on any atom is 0.152 e. The second kappa shape index (κ2) is 7.24. The van der Waals surface area contributed by atoms with Crippen LogP contribution in [-0.2, 0) is 6.54 Å². The zero-order chi connectivity index (χ0) is 17.3. The minimum Gasteiger partial charge on any atom is -0.354 e. The van der Waals surface area contributed by atoms with Crippen LogP contribution in [0.1, 0.15) is 32.3 Å². The monoisotopic (exact) mass is 366 g/mol. The lowest BCUT2D eigenvalue weighted by Gasteiger charge is -2.37. The summed E-state index contributed by atoms with van der Waals surface area (Å²) >= 11 is 12.2. The second-order valence-electron chi connectivity index (χ2n) is 6.37. The summed E-state index contributed by atoms with van der Waals surface area (Å²) in [6.45, 7) is 7.05. The van der Waals surface area contributed by atoms with Crippen molar-refractivity contribution in [1.29, 1.82) is 0 Å². The van der Waals surface area contributed by atoms with E-state index in [1.54, 1.807) is 0 Å². The van der Waals surface area contributed by atoms with Gasteiger partial charge in [0.1, 0.15) is 6.17 Å². The number of halogens is 2. The van der Waals surface area contributed by atoms with Crippen molar-refractivity contribution >= 4 is 29.0 Å². The van der Waals surface area contributed by atoms with Crippen LogP contribution in [0.15, 0.2) is 35.1 Å². The Morgan fingerprint density at radius 1 is 1.21 bits per heavy atom. The lowest BCUT2D eigenvalue weighted by molar-refractivity contribution is 0.220. The molecule has 0 bridgehead atoms. The van der Waals surface area contributed by atoms with Crippen LogP contribution in [0.3, 0.4) is 0 Å². The largest absolute Gasteiger partial charge is 0.354 e. The maximum atomic E-state index is 6.16. The molecule has 3 rings (SSSR count). The van der Waals surface area contributed by atoms with E-state index in [2.05, 4.69) is 41.8 Å². The smallest absolute Gasteiger partial charge is 0.152 e. The molecule has 0 N–H and O–H groups in total. The van der Waals surface area contributed by atoms with Gasteiger partial charge in [-0.3, -0.25) is 0 Å². The number of hydrogen-bond donors (Lipinski definition) is 0. The minimum absolute atomic E-state index is 0.246. The summed E-state index contributed by atoms with van der Waals surface area (Å²) in [6, 6.07) is 5.85. The minimum atomic E-state index is 0.246. The Morgan fingerprint density at radius 2 is 2.00 bits per heavy atom. The summed E-state index contributed by atoms with van der Waals surface area (Å²) < 4.78 is 0. The van der Waals surface area contributed by atoms with Gasteiger partial charge in [0.2, 0.25) is 0 Å². The summed E-state index contributed by atoms with van der Waals surface area (Å²) in [6.07, 6.45) is 4.59. The SMILES string of the molecule is CCCN1CN(Cc2ccc(Cl)c(Cl)c2)C=C2C1=NC(CC)N2C. The van der Waals surface area contributed by atoms with E-state index in [4.69, 9.17) is 28.2 Å². The van der Waals surface area contributed by atoms with Gasteiger partial charge in [0.25, 0.3) is 0 Å². The predicted octanol–water partition coefficient (Wildman–Crippen LogP) is 4.40. The lowest BCUT2D eigenvalue weighted by atomic mass is 10.2. The first-order chi connectivity index (χ1) is 11.5. The zero-order valence-electron chi connectivity index (χ0n) is 14.5. The average molecular weight is 367 g/mol. The number of hydrogen-bond acceptors (Lipinski definition) is 4. The van der Waals surface area contributed by atoms with E-state index in [0.717, 1.165) is 44.0 Å². The van der Waals surface area contributed by atoms with Gasteiger partial charge in [-0.2, -0.15) is 0 Å². The fraction of sp³-hybridized carbons (Fsp3) is 0.500. The normalized spacial score (nSPS) is 20.2. The van der Waals surface area contributed by atoms with Crippen molar-refractivity contribution in [2.24, 2.45) is 4.99 Å². The molecule has 2 aliphatic rings. The Morgan fingerprint density at radius 3 is 2.67 bits per heavy atom. The van der Waals surface area contributed by atoms with Crippen LogP contribution in [0.4, 0.5) is 0 Å². The molecule has 0 spiro atoms. The maximum absolute atomic E-state index is 6.16. The third-order valence-corrected chi connectivity index (χ3v) is 5.25. The molecule has 0 radical (unpaired) electrons. The topological polar surface area (TPSA) is 22.1 Å². The van der Waals surface area contributed by atoms with Crippen molar-refractivity contribution in [2.45, 2.75) is 39.4 Å². The van der Waals surface area contributed by atoms with E-state index >= 15 is 0 Å². The Hall–Kier alpha value is -1.39. The van der Waals surface area contributed by atoms with E-state index < -0.39 is 0 Å². The highest BCUT2D eigenvalue weighted by Gasteiger charge is 2.33. The van der Waals surface area contributed by atoms with Gasteiger partial charge in [-0.05, 0) is 30.5 Å². The molecule has 1 aromatic carbocycles. The number of aliphatic imine (C=N–C) groups is 1. The number of rotatable bonds is 5. The number of fused-ring (bicyclic) bond motifs is 1. The summed E-state index contributed by atoms with van der Waals surface area (Å²) in [7, 11) is 2.13. The van der Waals surface area contributed by atoms with E-state index in [-0.39, 0.29) is 6.17 Å². The van der Waals surface area contributed by atoms with Crippen LogP contribution in [0.25, 0.3) is 0 Å². The van der Waals surface area contributed by atoms with Gasteiger partial charge in [0.05, 0.1) is 22.4 Å². The molecule has 2 heterocycles. The van der Waals surface area contributed by atoms with Crippen LogP contribution in [0.2, 0.25) is 10.0 Å². The molecular formula is C18H24Cl2N4. The molecule has 0 aliphatic carbocycles. The summed E-state index contributed by atoms with van der Waals surface area (Å²) in [5, 5.41) is 1.20. The first kappa shape index (κ1) is 17.4. The molecular weight excluding hydrogens is 343 g/mol. The van der Waals surface area contributed by atoms with Crippen molar-refractivity contribution in [3.63, 3.8) is 0 Å². The van der Waals surface area contributed by atoms with Gasteiger partial charge in [0, 0.05) is 26.3 Å². The molecule has 1 unspecified atom stereocenters.